The molecule has 8 amide bonds. The predicted molar refractivity (Wildman–Crippen MR) is 147 cm³/mol. The highest BCUT2D eigenvalue weighted by Gasteiger charge is 2.44. The van der Waals surface area contributed by atoms with Crippen LogP contribution in [0.3, 0.4) is 0 Å². The molecule has 2 rings (SSSR count). The van der Waals surface area contributed by atoms with E-state index in [-0.39, 0.29) is 31.8 Å². The molecular weight excluding hydrogens is 500 g/mol. The lowest BCUT2D eigenvalue weighted by molar-refractivity contribution is -0.147. The highest BCUT2D eigenvalue weighted by Crippen LogP contribution is 2.22. The molecule has 0 saturated carbocycles. The minimum absolute atomic E-state index is 0.113. The molecule has 10 nitrogen and oxygen atoms in total. The second kappa shape index (κ2) is 15.8. The van der Waals surface area contributed by atoms with Gasteiger partial charge in [0.05, 0.1) is 0 Å². The van der Waals surface area contributed by atoms with E-state index in [1.54, 1.807) is 0 Å². The van der Waals surface area contributed by atoms with Gasteiger partial charge in [-0.2, -0.15) is 0 Å². The van der Waals surface area contributed by atoms with Crippen molar-refractivity contribution >= 4 is 35.7 Å². The SMILES string of the molecule is CCCCN1C(=O)C(=C/C=C\C=C/C2C(=O)N(CCCC)C(=O)N(CCCC)C2=O)C(=O)N(CCCC)C1=O. The average Bonchev–Trinajstić information content (AvgIpc) is 2.91. The molecule has 10 heteroatoms. The first-order valence-electron chi connectivity index (χ1n) is 14.1. The zero-order valence-electron chi connectivity index (χ0n) is 23.7. The molecule has 0 radical (unpaired) electrons. The fourth-order valence-electron chi connectivity index (χ4n) is 4.25. The maximum atomic E-state index is 13.0. The van der Waals surface area contributed by atoms with Gasteiger partial charge in [0, 0.05) is 26.2 Å². The van der Waals surface area contributed by atoms with E-state index in [1.807, 2.05) is 27.7 Å². The Balaban J connectivity index is 2.25. The number of unbranched alkanes of at least 4 members (excludes halogenated alkanes) is 4. The molecule has 0 aliphatic carbocycles. The minimum Gasteiger partial charge on any atom is -0.273 e. The van der Waals surface area contributed by atoms with Gasteiger partial charge < -0.3 is 0 Å². The van der Waals surface area contributed by atoms with E-state index >= 15 is 0 Å². The van der Waals surface area contributed by atoms with Crippen molar-refractivity contribution in [2.45, 2.75) is 79.1 Å². The zero-order valence-corrected chi connectivity index (χ0v) is 23.7. The van der Waals surface area contributed by atoms with Crippen molar-refractivity contribution in [2.24, 2.45) is 5.92 Å². The summed E-state index contributed by atoms with van der Waals surface area (Å²) in [6, 6.07) is -1.15. The van der Waals surface area contributed by atoms with Crippen LogP contribution in [0.25, 0.3) is 0 Å². The van der Waals surface area contributed by atoms with E-state index in [2.05, 4.69) is 0 Å². The highest BCUT2D eigenvalue weighted by molar-refractivity contribution is 6.28. The van der Waals surface area contributed by atoms with E-state index in [1.165, 1.54) is 30.4 Å². The molecule has 0 aromatic rings. The van der Waals surface area contributed by atoms with Gasteiger partial charge in [-0.3, -0.25) is 38.8 Å². The first-order valence-corrected chi connectivity index (χ1v) is 14.1. The van der Waals surface area contributed by atoms with Crippen LogP contribution in [-0.4, -0.2) is 81.5 Å². The molecule has 0 aromatic carbocycles. The smallest absolute Gasteiger partial charge is 0.273 e. The normalized spacial score (nSPS) is 17.7. The van der Waals surface area contributed by atoms with E-state index in [4.69, 9.17) is 0 Å². The molecular formula is C29H42N4O6. The number of urea groups is 2. The Hall–Kier alpha value is -3.56. The van der Waals surface area contributed by atoms with Crippen molar-refractivity contribution < 1.29 is 28.8 Å². The van der Waals surface area contributed by atoms with Crippen LogP contribution in [0, 0.1) is 5.92 Å². The second-order valence-electron chi connectivity index (χ2n) is 9.70. The average molecular weight is 543 g/mol. The summed E-state index contributed by atoms with van der Waals surface area (Å²) in [7, 11) is 0. The number of barbiturate groups is 2. The topological polar surface area (TPSA) is 115 Å². The molecule has 2 saturated heterocycles. The summed E-state index contributed by atoms with van der Waals surface area (Å²) in [6.45, 7) is 8.80. The van der Waals surface area contributed by atoms with Gasteiger partial charge in [-0.15, -0.1) is 0 Å². The highest BCUT2D eigenvalue weighted by atomic mass is 16.2. The lowest BCUT2D eigenvalue weighted by atomic mass is 10.0. The molecule has 0 unspecified atom stereocenters. The van der Waals surface area contributed by atoms with Crippen molar-refractivity contribution in [1.82, 2.24) is 19.6 Å². The molecule has 0 bridgehead atoms. The molecule has 214 valence electrons. The van der Waals surface area contributed by atoms with Crippen LogP contribution in [0.5, 0.6) is 0 Å². The van der Waals surface area contributed by atoms with Gasteiger partial charge in [0.2, 0.25) is 11.8 Å². The van der Waals surface area contributed by atoms with Gasteiger partial charge in [0.25, 0.3) is 11.8 Å². The third kappa shape index (κ3) is 7.74. The van der Waals surface area contributed by atoms with Gasteiger partial charge >= 0.3 is 12.1 Å². The number of hydrogen-bond acceptors (Lipinski definition) is 6. The third-order valence-electron chi connectivity index (χ3n) is 6.67. The van der Waals surface area contributed by atoms with Crippen LogP contribution in [0.4, 0.5) is 9.59 Å². The van der Waals surface area contributed by atoms with E-state index in [0.717, 1.165) is 45.3 Å². The van der Waals surface area contributed by atoms with Crippen molar-refractivity contribution in [3.8, 4) is 0 Å². The van der Waals surface area contributed by atoms with Crippen LogP contribution >= 0.6 is 0 Å². The Bertz CT molecular complexity index is 969. The van der Waals surface area contributed by atoms with Gasteiger partial charge in [-0.25, -0.2) is 9.59 Å². The lowest BCUT2D eigenvalue weighted by Crippen LogP contribution is -2.59. The Kier molecular flexibility index (Phi) is 12.8. The van der Waals surface area contributed by atoms with Crippen LogP contribution in [0.1, 0.15) is 79.1 Å². The van der Waals surface area contributed by atoms with Crippen molar-refractivity contribution in [1.29, 1.82) is 0 Å². The van der Waals surface area contributed by atoms with Crippen LogP contribution in [0.15, 0.2) is 36.0 Å². The van der Waals surface area contributed by atoms with Gasteiger partial charge in [-0.05, 0) is 31.8 Å². The second-order valence-corrected chi connectivity index (χ2v) is 9.70. The fraction of sp³-hybridized carbons (Fsp3) is 0.586. The van der Waals surface area contributed by atoms with Crippen molar-refractivity contribution in [2.75, 3.05) is 26.2 Å². The van der Waals surface area contributed by atoms with Gasteiger partial charge in [0.15, 0.2) is 0 Å². The monoisotopic (exact) mass is 542 g/mol. The Morgan fingerprint density at radius 3 is 1.33 bits per heavy atom. The molecule has 39 heavy (non-hydrogen) atoms. The molecule has 2 heterocycles. The maximum Gasteiger partial charge on any atom is 0.333 e. The lowest BCUT2D eigenvalue weighted by Gasteiger charge is -2.36. The Morgan fingerprint density at radius 1 is 0.538 bits per heavy atom. The summed E-state index contributed by atoms with van der Waals surface area (Å²) in [5.41, 5.74) is -0.113. The van der Waals surface area contributed by atoms with Crippen LogP contribution < -0.4 is 0 Å². The predicted octanol–water partition coefficient (Wildman–Crippen LogP) is 4.42. The number of allylic oxidation sites excluding steroid dienone is 4. The number of nitrogens with zero attached hydrogens (tertiary/aromatic N) is 4. The summed E-state index contributed by atoms with van der Waals surface area (Å²) in [6.07, 6.45) is 13.0. The molecule has 0 N–H and O–H groups in total. The van der Waals surface area contributed by atoms with Crippen LogP contribution in [-0.2, 0) is 19.2 Å². The van der Waals surface area contributed by atoms with E-state index in [9.17, 15) is 28.8 Å². The maximum absolute atomic E-state index is 13.0. The van der Waals surface area contributed by atoms with E-state index in [0.29, 0.717) is 25.7 Å². The molecule has 2 aliphatic heterocycles. The summed E-state index contributed by atoms with van der Waals surface area (Å²) < 4.78 is 0. The Labute approximate surface area is 231 Å². The minimum atomic E-state index is -1.13. The summed E-state index contributed by atoms with van der Waals surface area (Å²) in [4.78, 5) is 82.0. The number of amides is 8. The van der Waals surface area contributed by atoms with Crippen molar-refractivity contribution in [3.63, 3.8) is 0 Å². The third-order valence-corrected chi connectivity index (χ3v) is 6.67. The fourth-order valence-corrected chi connectivity index (χ4v) is 4.25. The van der Waals surface area contributed by atoms with Gasteiger partial charge in [-0.1, -0.05) is 77.7 Å². The number of carbonyl (C=O) groups excluding carboxylic acids is 6. The summed E-state index contributed by atoms with van der Waals surface area (Å²) >= 11 is 0. The summed E-state index contributed by atoms with van der Waals surface area (Å²) in [5, 5.41) is 0. The first kappa shape index (κ1) is 31.7. The molecule has 0 spiro atoms. The number of carbonyl (C=O) groups is 6. The van der Waals surface area contributed by atoms with Crippen LogP contribution in [0.2, 0.25) is 0 Å². The van der Waals surface area contributed by atoms with Gasteiger partial charge in [0.1, 0.15) is 11.5 Å². The summed E-state index contributed by atoms with van der Waals surface area (Å²) in [5.74, 6) is -3.49. The number of imide groups is 4. The standard InChI is InChI=1S/C29H42N4O6/c1-5-9-18-30-24(34)22(25(35)31(28(30)38)19-10-6-2)16-14-13-15-17-23-26(36)32(20-11-7-3)29(39)33(27(23)37)21-12-8-4/h13-17,22H,5-12,18-21H2,1-4H3/b15-13-,16-14-. The number of hydrogen-bond donors (Lipinski definition) is 0. The Morgan fingerprint density at radius 2 is 0.923 bits per heavy atom. The van der Waals surface area contributed by atoms with Crippen molar-refractivity contribution in [3.05, 3.63) is 36.0 Å². The molecule has 0 atom stereocenters. The number of rotatable bonds is 15. The molecule has 2 aliphatic rings. The molecule has 2 fully saturated rings. The molecule has 0 aromatic heterocycles. The largest absolute Gasteiger partial charge is 0.333 e. The first-order chi connectivity index (χ1) is 18.7. The zero-order chi connectivity index (χ0) is 28.9. The van der Waals surface area contributed by atoms with E-state index < -0.39 is 41.6 Å². The quantitative estimate of drug-likeness (QED) is 0.131.